The van der Waals surface area contributed by atoms with Gasteiger partial charge in [-0.15, -0.1) is 0 Å². The van der Waals surface area contributed by atoms with E-state index < -0.39 is 5.54 Å². The van der Waals surface area contributed by atoms with Crippen molar-refractivity contribution in [3.63, 3.8) is 0 Å². The third-order valence-electron chi connectivity index (χ3n) is 1.77. The molecule has 0 saturated carbocycles. The lowest BCUT2D eigenvalue weighted by Crippen LogP contribution is -2.39. The second kappa shape index (κ2) is 4.88. The maximum absolute atomic E-state index is 11.3. The van der Waals surface area contributed by atoms with Crippen molar-refractivity contribution >= 4 is 5.91 Å². The SMILES string of the molecule is CC(C)(N)CC(=O)NCCc1ncn[nH]1. The fraction of sp³-hybridized carbons (Fsp3) is 0.667. The van der Waals surface area contributed by atoms with Crippen molar-refractivity contribution in [2.24, 2.45) is 5.73 Å². The van der Waals surface area contributed by atoms with Gasteiger partial charge < -0.3 is 11.1 Å². The smallest absolute Gasteiger partial charge is 0.221 e. The Morgan fingerprint density at radius 2 is 2.40 bits per heavy atom. The van der Waals surface area contributed by atoms with Gasteiger partial charge in [0.2, 0.25) is 5.91 Å². The monoisotopic (exact) mass is 211 g/mol. The summed E-state index contributed by atoms with van der Waals surface area (Å²) in [6.07, 6.45) is 2.42. The van der Waals surface area contributed by atoms with Crippen LogP contribution in [0.25, 0.3) is 0 Å². The molecule has 0 fully saturated rings. The van der Waals surface area contributed by atoms with Crippen LogP contribution in [0.15, 0.2) is 6.33 Å². The minimum absolute atomic E-state index is 0.0398. The number of hydrogen-bond donors (Lipinski definition) is 3. The molecule has 0 aromatic carbocycles. The number of nitrogens with zero attached hydrogens (tertiary/aromatic N) is 2. The van der Waals surface area contributed by atoms with Crippen LogP contribution in [0.4, 0.5) is 0 Å². The lowest BCUT2D eigenvalue weighted by atomic mass is 10.0. The summed E-state index contributed by atoms with van der Waals surface area (Å²) in [6, 6.07) is 0. The van der Waals surface area contributed by atoms with Crippen molar-refractivity contribution in [1.82, 2.24) is 20.5 Å². The Kier molecular flexibility index (Phi) is 3.79. The average Bonchev–Trinajstić information content (AvgIpc) is 2.53. The molecule has 0 unspecified atom stereocenters. The zero-order chi connectivity index (χ0) is 11.3. The lowest BCUT2D eigenvalue weighted by molar-refractivity contribution is -0.121. The van der Waals surface area contributed by atoms with Crippen LogP contribution in [0, 0.1) is 0 Å². The zero-order valence-corrected chi connectivity index (χ0v) is 9.08. The molecule has 1 aromatic heterocycles. The van der Waals surface area contributed by atoms with E-state index in [1.165, 1.54) is 6.33 Å². The molecule has 1 aromatic rings. The number of aromatic amines is 1. The summed E-state index contributed by atoms with van der Waals surface area (Å²) < 4.78 is 0. The van der Waals surface area contributed by atoms with Crippen molar-refractivity contribution in [3.8, 4) is 0 Å². The molecule has 0 aliphatic rings. The normalized spacial score (nSPS) is 11.4. The summed E-state index contributed by atoms with van der Waals surface area (Å²) in [6.45, 7) is 4.19. The largest absolute Gasteiger partial charge is 0.356 e. The van der Waals surface area contributed by atoms with Gasteiger partial charge in [-0.05, 0) is 13.8 Å². The van der Waals surface area contributed by atoms with Gasteiger partial charge >= 0.3 is 0 Å². The summed E-state index contributed by atoms with van der Waals surface area (Å²) in [4.78, 5) is 15.3. The van der Waals surface area contributed by atoms with Gasteiger partial charge in [0.1, 0.15) is 12.2 Å². The molecule has 0 bridgehead atoms. The van der Waals surface area contributed by atoms with E-state index >= 15 is 0 Å². The van der Waals surface area contributed by atoms with Crippen molar-refractivity contribution in [3.05, 3.63) is 12.2 Å². The Morgan fingerprint density at radius 3 is 2.93 bits per heavy atom. The topological polar surface area (TPSA) is 96.7 Å². The molecule has 0 aliphatic heterocycles. The molecular weight excluding hydrogens is 194 g/mol. The maximum Gasteiger partial charge on any atom is 0.221 e. The van der Waals surface area contributed by atoms with E-state index in [0.29, 0.717) is 19.4 Å². The number of aromatic nitrogens is 3. The summed E-state index contributed by atoms with van der Waals surface area (Å²) in [5.74, 6) is 0.726. The first kappa shape index (κ1) is 11.6. The Bertz CT molecular complexity index is 301. The van der Waals surface area contributed by atoms with E-state index in [9.17, 15) is 4.79 Å². The number of amides is 1. The van der Waals surface area contributed by atoms with Crippen molar-refractivity contribution < 1.29 is 4.79 Å². The highest BCUT2D eigenvalue weighted by atomic mass is 16.1. The summed E-state index contributed by atoms with van der Waals surface area (Å²) in [7, 11) is 0. The first-order valence-corrected chi connectivity index (χ1v) is 4.87. The van der Waals surface area contributed by atoms with Gasteiger partial charge in [0.05, 0.1) is 0 Å². The van der Waals surface area contributed by atoms with E-state index in [1.54, 1.807) is 0 Å². The number of nitrogens with one attached hydrogen (secondary N) is 2. The lowest BCUT2D eigenvalue weighted by Gasteiger charge is -2.17. The van der Waals surface area contributed by atoms with Crippen LogP contribution in [-0.4, -0.2) is 33.2 Å². The van der Waals surface area contributed by atoms with Crippen molar-refractivity contribution in [2.75, 3.05) is 6.54 Å². The predicted molar refractivity (Wildman–Crippen MR) is 56.0 cm³/mol. The molecule has 0 radical (unpaired) electrons. The van der Waals surface area contributed by atoms with Gasteiger partial charge in [0.15, 0.2) is 0 Å². The molecule has 6 heteroatoms. The summed E-state index contributed by atoms with van der Waals surface area (Å²) >= 11 is 0. The molecule has 0 saturated heterocycles. The van der Waals surface area contributed by atoms with Crippen LogP contribution < -0.4 is 11.1 Å². The van der Waals surface area contributed by atoms with Gasteiger partial charge in [-0.1, -0.05) is 0 Å². The quantitative estimate of drug-likeness (QED) is 0.617. The fourth-order valence-electron chi connectivity index (χ4n) is 1.15. The minimum Gasteiger partial charge on any atom is -0.356 e. The molecule has 84 valence electrons. The molecule has 15 heavy (non-hydrogen) atoms. The highest BCUT2D eigenvalue weighted by Crippen LogP contribution is 2.02. The van der Waals surface area contributed by atoms with Crippen LogP contribution in [0.3, 0.4) is 0 Å². The average molecular weight is 211 g/mol. The van der Waals surface area contributed by atoms with Crippen LogP contribution in [0.1, 0.15) is 26.1 Å². The molecule has 1 heterocycles. The standard InChI is InChI=1S/C9H17N5O/c1-9(2,10)5-8(15)11-4-3-7-12-6-13-14-7/h6H,3-5,10H2,1-2H3,(H,11,15)(H,12,13,14). The van der Waals surface area contributed by atoms with Crippen molar-refractivity contribution in [1.29, 1.82) is 0 Å². The third kappa shape index (κ3) is 5.11. The first-order chi connectivity index (χ1) is 6.97. The summed E-state index contributed by atoms with van der Waals surface area (Å²) in [5, 5.41) is 9.20. The van der Waals surface area contributed by atoms with Gasteiger partial charge in [-0.3, -0.25) is 9.89 Å². The fourth-order valence-corrected chi connectivity index (χ4v) is 1.15. The summed E-state index contributed by atoms with van der Waals surface area (Å²) in [5.41, 5.74) is 5.25. The molecule has 1 rings (SSSR count). The van der Waals surface area contributed by atoms with E-state index in [4.69, 9.17) is 5.73 Å². The minimum atomic E-state index is -0.462. The Balaban J connectivity index is 2.18. The van der Waals surface area contributed by atoms with Crippen LogP contribution >= 0.6 is 0 Å². The number of carbonyl (C=O) groups is 1. The first-order valence-electron chi connectivity index (χ1n) is 4.87. The van der Waals surface area contributed by atoms with E-state index in [1.807, 2.05) is 13.8 Å². The number of carbonyl (C=O) groups excluding carboxylic acids is 1. The number of hydrogen-bond acceptors (Lipinski definition) is 4. The Morgan fingerprint density at radius 1 is 1.67 bits per heavy atom. The zero-order valence-electron chi connectivity index (χ0n) is 9.08. The van der Waals surface area contributed by atoms with E-state index in [-0.39, 0.29) is 5.91 Å². The van der Waals surface area contributed by atoms with Gasteiger partial charge in [-0.25, -0.2) is 4.98 Å². The number of nitrogens with two attached hydrogens (primary N) is 1. The highest BCUT2D eigenvalue weighted by Gasteiger charge is 2.15. The molecule has 1 amide bonds. The number of H-pyrrole nitrogens is 1. The van der Waals surface area contributed by atoms with E-state index in [2.05, 4.69) is 20.5 Å². The second-order valence-electron chi connectivity index (χ2n) is 4.20. The van der Waals surface area contributed by atoms with Crippen LogP contribution in [-0.2, 0) is 11.2 Å². The molecule has 4 N–H and O–H groups in total. The molecule has 0 spiro atoms. The van der Waals surface area contributed by atoms with E-state index in [0.717, 1.165) is 5.82 Å². The molecular formula is C9H17N5O. The van der Waals surface area contributed by atoms with Gasteiger partial charge in [0.25, 0.3) is 0 Å². The van der Waals surface area contributed by atoms with Gasteiger partial charge in [-0.2, -0.15) is 5.10 Å². The highest BCUT2D eigenvalue weighted by molar-refractivity contribution is 5.77. The number of rotatable bonds is 5. The Labute approximate surface area is 88.7 Å². The Hall–Kier alpha value is -1.43. The van der Waals surface area contributed by atoms with Crippen molar-refractivity contribution in [2.45, 2.75) is 32.2 Å². The van der Waals surface area contributed by atoms with Crippen LogP contribution in [0.2, 0.25) is 0 Å². The maximum atomic E-state index is 11.3. The second-order valence-corrected chi connectivity index (χ2v) is 4.20. The van der Waals surface area contributed by atoms with Gasteiger partial charge in [0, 0.05) is 24.9 Å². The third-order valence-corrected chi connectivity index (χ3v) is 1.77. The predicted octanol–water partition coefficient (Wildman–Crippen LogP) is -0.409. The molecule has 0 aliphatic carbocycles. The van der Waals surface area contributed by atoms with Crippen LogP contribution in [0.5, 0.6) is 0 Å². The molecule has 6 nitrogen and oxygen atoms in total. The molecule has 0 atom stereocenters.